The predicted molar refractivity (Wildman–Crippen MR) is 83.6 cm³/mol. The van der Waals surface area contributed by atoms with E-state index in [1.807, 2.05) is 32.9 Å². The quantitative estimate of drug-likeness (QED) is 0.744. The topological polar surface area (TPSA) is 29.5 Å². The summed E-state index contributed by atoms with van der Waals surface area (Å²) in [5.41, 5.74) is 1.27. The second-order valence-electron chi connectivity index (χ2n) is 5.25. The van der Waals surface area contributed by atoms with E-state index in [4.69, 9.17) is 16.3 Å². The Morgan fingerprint density at radius 2 is 2.05 bits per heavy atom. The molecule has 19 heavy (non-hydrogen) atoms. The molecule has 0 aliphatic rings. The minimum atomic E-state index is -0.509. The standard InChI is InChI=1S/C14H19BrClNO2/c1-14(2,3)19-13(18)17(4)11-6-5-10(7-8-15)12(16)9-11/h5-6,9H,7-8H2,1-4H3. The number of carbonyl (C=O) groups is 1. The Labute approximate surface area is 128 Å². The maximum absolute atomic E-state index is 11.9. The van der Waals surface area contributed by atoms with Gasteiger partial charge in [0.05, 0.1) is 0 Å². The van der Waals surface area contributed by atoms with Crippen LogP contribution in [0.3, 0.4) is 0 Å². The van der Waals surface area contributed by atoms with Gasteiger partial charge < -0.3 is 4.74 Å². The van der Waals surface area contributed by atoms with Gasteiger partial charge in [0.2, 0.25) is 0 Å². The van der Waals surface area contributed by atoms with Crippen LogP contribution in [0.2, 0.25) is 5.02 Å². The monoisotopic (exact) mass is 347 g/mol. The number of alkyl halides is 1. The molecule has 1 aromatic carbocycles. The third kappa shape index (κ3) is 5.03. The second-order valence-corrected chi connectivity index (χ2v) is 6.45. The van der Waals surface area contributed by atoms with Gasteiger partial charge in [0.25, 0.3) is 0 Å². The van der Waals surface area contributed by atoms with Crippen molar-refractivity contribution in [1.82, 2.24) is 0 Å². The fraction of sp³-hybridized carbons (Fsp3) is 0.500. The van der Waals surface area contributed by atoms with Gasteiger partial charge >= 0.3 is 6.09 Å². The number of amides is 1. The molecule has 106 valence electrons. The first kappa shape index (κ1) is 16.3. The summed E-state index contributed by atoms with van der Waals surface area (Å²) in [6, 6.07) is 5.58. The fourth-order valence-corrected chi connectivity index (χ4v) is 2.18. The number of anilines is 1. The molecule has 0 bridgehead atoms. The Balaban J connectivity index is 2.85. The van der Waals surface area contributed by atoms with Gasteiger partial charge in [0.15, 0.2) is 0 Å². The smallest absolute Gasteiger partial charge is 0.414 e. The van der Waals surface area contributed by atoms with E-state index in [-0.39, 0.29) is 0 Å². The highest BCUT2D eigenvalue weighted by molar-refractivity contribution is 9.09. The van der Waals surface area contributed by atoms with Crippen LogP contribution >= 0.6 is 27.5 Å². The third-order valence-corrected chi connectivity index (χ3v) is 3.20. The fourth-order valence-electron chi connectivity index (χ4n) is 1.49. The van der Waals surface area contributed by atoms with Crippen molar-refractivity contribution in [2.45, 2.75) is 32.8 Å². The number of aryl methyl sites for hydroxylation is 1. The van der Waals surface area contributed by atoms with Gasteiger partial charge in [-0.25, -0.2) is 4.79 Å². The summed E-state index contributed by atoms with van der Waals surface area (Å²) in [4.78, 5) is 13.4. The van der Waals surface area contributed by atoms with E-state index in [2.05, 4.69) is 15.9 Å². The minimum Gasteiger partial charge on any atom is -0.443 e. The molecule has 0 spiro atoms. The predicted octanol–water partition coefficient (Wildman–Crippen LogP) is 4.65. The zero-order valence-electron chi connectivity index (χ0n) is 11.7. The zero-order chi connectivity index (χ0) is 14.6. The van der Waals surface area contributed by atoms with Gasteiger partial charge in [-0.05, 0) is 44.9 Å². The molecule has 1 aromatic rings. The van der Waals surface area contributed by atoms with Crippen molar-refractivity contribution in [2.24, 2.45) is 0 Å². The van der Waals surface area contributed by atoms with Crippen LogP contribution in [0.25, 0.3) is 0 Å². The van der Waals surface area contributed by atoms with Crippen LogP contribution in [-0.2, 0) is 11.2 Å². The second kappa shape index (κ2) is 6.62. The normalized spacial score (nSPS) is 11.3. The van der Waals surface area contributed by atoms with Gasteiger partial charge in [-0.2, -0.15) is 0 Å². The van der Waals surface area contributed by atoms with Crippen LogP contribution in [0.1, 0.15) is 26.3 Å². The van der Waals surface area contributed by atoms with Gasteiger partial charge in [0.1, 0.15) is 5.60 Å². The van der Waals surface area contributed by atoms with Crippen molar-refractivity contribution in [3.05, 3.63) is 28.8 Å². The Bertz CT molecular complexity index is 457. The average molecular weight is 349 g/mol. The SMILES string of the molecule is CN(C(=O)OC(C)(C)C)c1ccc(CCBr)c(Cl)c1. The lowest BCUT2D eigenvalue weighted by Gasteiger charge is -2.25. The molecule has 0 radical (unpaired) electrons. The molecule has 0 aliphatic carbocycles. The molecule has 0 unspecified atom stereocenters. The van der Waals surface area contributed by atoms with Gasteiger partial charge in [-0.1, -0.05) is 33.6 Å². The van der Waals surface area contributed by atoms with Crippen LogP contribution < -0.4 is 4.90 Å². The van der Waals surface area contributed by atoms with Gasteiger partial charge in [-0.15, -0.1) is 0 Å². The van der Waals surface area contributed by atoms with E-state index in [9.17, 15) is 4.79 Å². The molecule has 0 atom stereocenters. The maximum Gasteiger partial charge on any atom is 0.414 e. The van der Waals surface area contributed by atoms with E-state index in [0.29, 0.717) is 5.02 Å². The third-order valence-electron chi connectivity index (χ3n) is 2.46. The summed E-state index contributed by atoms with van der Waals surface area (Å²) in [5, 5.41) is 1.51. The maximum atomic E-state index is 11.9. The molecule has 5 heteroatoms. The highest BCUT2D eigenvalue weighted by Crippen LogP contribution is 2.25. The minimum absolute atomic E-state index is 0.392. The summed E-state index contributed by atoms with van der Waals surface area (Å²) in [5.74, 6) is 0. The van der Waals surface area contributed by atoms with E-state index in [1.54, 1.807) is 13.1 Å². The molecule has 0 N–H and O–H groups in total. The summed E-state index contributed by atoms with van der Waals surface area (Å²) >= 11 is 9.57. The lowest BCUT2D eigenvalue weighted by molar-refractivity contribution is 0.0589. The number of hydrogen-bond acceptors (Lipinski definition) is 2. The Morgan fingerprint density at radius 3 is 2.53 bits per heavy atom. The number of ether oxygens (including phenoxy) is 1. The summed E-state index contributed by atoms with van der Waals surface area (Å²) < 4.78 is 5.31. The number of benzene rings is 1. The van der Waals surface area contributed by atoms with Crippen molar-refractivity contribution in [2.75, 3.05) is 17.3 Å². The lowest BCUT2D eigenvalue weighted by atomic mass is 10.1. The van der Waals surface area contributed by atoms with Crippen molar-refractivity contribution < 1.29 is 9.53 Å². The molecule has 0 aliphatic heterocycles. The van der Waals surface area contributed by atoms with Crippen LogP contribution in [0.15, 0.2) is 18.2 Å². The number of rotatable bonds is 3. The van der Waals surface area contributed by atoms with E-state index in [1.165, 1.54) is 4.90 Å². The molecule has 0 saturated heterocycles. The van der Waals surface area contributed by atoms with E-state index >= 15 is 0 Å². The number of carbonyl (C=O) groups excluding carboxylic acids is 1. The number of nitrogens with zero attached hydrogens (tertiary/aromatic N) is 1. The summed E-state index contributed by atoms with van der Waals surface area (Å²) in [7, 11) is 1.67. The molecule has 1 rings (SSSR count). The molecule has 3 nitrogen and oxygen atoms in total. The Hall–Kier alpha value is -0.740. The average Bonchev–Trinajstić information content (AvgIpc) is 2.29. The van der Waals surface area contributed by atoms with Crippen molar-refractivity contribution in [1.29, 1.82) is 0 Å². The molecule has 0 saturated carbocycles. The first-order valence-electron chi connectivity index (χ1n) is 6.05. The van der Waals surface area contributed by atoms with Crippen LogP contribution in [-0.4, -0.2) is 24.1 Å². The highest BCUT2D eigenvalue weighted by atomic mass is 79.9. The largest absolute Gasteiger partial charge is 0.443 e. The number of halogens is 2. The number of hydrogen-bond donors (Lipinski definition) is 0. The molecule has 0 aromatic heterocycles. The van der Waals surface area contributed by atoms with Crippen LogP contribution in [0.4, 0.5) is 10.5 Å². The molecule has 0 fully saturated rings. The molecular formula is C14H19BrClNO2. The molecular weight excluding hydrogens is 330 g/mol. The van der Waals surface area contributed by atoms with Crippen molar-refractivity contribution >= 4 is 39.3 Å². The van der Waals surface area contributed by atoms with E-state index < -0.39 is 11.7 Å². The van der Waals surface area contributed by atoms with Gasteiger partial charge in [0, 0.05) is 23.1 Å². The van der Waals surface area contributed by atoms with Crippen molar-refractivity contribution in [3.63, 3.8) is 0 Å². The Kier molecular flexibility index (Phi) is 5.68. The van der Waals surface area contributed by atoms with E-state index in [0.717, 1.165) is 23.0 Å². The zero-order valence-corrected chi connectivity index (χ0v) is 14.0. The van der Waals surface area contributed by atoms with Crippen LogP contribution in [0.5, 0.6) is 0 Å². The molecule has 0 heterocycles. The highest BCUT2D eigenvalue weighted by Gasteiger charge is 2.20. The Morgan fingerprint density at radius 1 is 1.42 bits per heavy atom. The van der Waals surface area contributed by atoms with Crippen molar-refractivity contribution in [3.8, 4) is 0 Å². The molecule has 1 amide bonds. The van der Waals surface area contributed by atoms with Crippen LogP contribution in [0, 0.1) is 0 Å². The first-order chi connectivity index (χ1) is 8.74. The summed E-state index contributed by atoms with van der Waals surface area (Å²) in [6.07, 6.45) is 0.465. The van der Waals surface area contributed by atoms with Gasteiger partial charge in [-0.3, -0.25) is 4.90 Å². The summed E-state index contributed by atoms with van der Waals surface area (Å²) in [6.45, 7) is 5.51. The first-order valence-corrected chi connectivity index (χ1v) is 7.55. The lowest BCUT2D eigenvalue weighted by Crippen LogP contribution is -2.34.